The molecule has 1 fully saturated rings. The smallest absolute Gasteiger partial charge is 0.205 e. The Morgan fingerprint density at radius 2 is 2.03 bits per heavy atom. The molecule has 1 aromatic carbocycles. The minimum absolute atomic E-state index is 0.718. The maximum absolute atomic E-state index is 4.61. The maximum atomic E-state index is 4.61. The van der Waals surface area contributed by atoms with Gasteiger partial charge in [-0.2, -0.15) is 9.47 Å². The largest absolute Gasteiger partial charge is 0.352 e. The third kappa shape index (κ3) is 4.93. The van der Waals surface area contributed by atoms with E-state index in [2.05, 4.69) is 70.7 Å². The van der Waals surface area contributed by atoms with Gasteiger partial charge >= 0.3 is 0 Å². The van der Waals surface area contributed by atoms with Crippen LogP contribution in [0.15, 0.2) is 41.9 Å². The lowest BCUT2D eigenvalue weighted by atomic mass is 10.1. The van der Waals surface area contributed by atoms with Crippen molar-refractivity contribution in [1.82, 2.24) is 34.3 Å². The van der Waals surface area contributed by atoms with Gasteiger partial charge in [-0.15, -0.1) is 0 Å². The van der Waals surface area contributed by atoms with E-state index in [1.54, 1.807) is 12.7 Å². The van der Waals surface area contributed by atoms with Gasteiger partial charge in [0.05, 0.1) is 6.54 Å². The van der Waals surface area contributed by atoms with E-state index in [4.69, 9.17) is 0 Å². The van der Waals surface area contributed by atoms with Crippen LogP contribution in [0.25, 0.3) is 0 Å². The minimum atomic E-state index is 0.718. The Bertz CT molecular complexity index is 958. The lowest BCUT2D eigenvalue weighted by molar-refractivity contribution is 0.372. The van der Waals surface area contributed by atoms with Crippen LogP contribution in [0.2, 0.25) is 0 Å². The van der Waals surface area contributed by atoms with Gasteiger partial charge in [-0.25, -0.2) is 14.6 Å². The van der Waals surface area contributed by atoms with Crippen LogP contribution in [-0.2, 0) is 19.5 Å². The van der Waals surface area contributed by atoms with E-state index in [0.29, 0.717) is 0 Å². The summed E-state index contributed by atoms with van der Waals surface area (Å²) in [6, 6.07) is 8.51. The van der Waals surface area contributed by atoms with E-state index in [1.165, 1.54) is 22.7 Å². The van der Waals surface area contributed by atoms with E-state index < -0.39 is 0 Å². The van der Waals surface area contributed by atoms with Crippen LogP contribution in [0.5, 0.6) is 0 Å². The fraction of sp³-hybridized carbons (Fsp3) is 0.450. The molecule has 2 aromatic heterocycles. The molecule has 0 bridgehead atoms. The molecule has 0 atom stereocenters. The van der Waals surface area contributed by atoms with E-state index in [9.17, 15) is 0 Å². The molecule has 1 aliphatic heterocycles. The van der Waals surface area contributed by atoms with Crippen LogP contribution in [0, 0.1) is 0 Å². The van der Waals surface area contributed by atoms with Gasteiger partial charge in [0.2, 0.25) is 5.13 Å². The Morgan fingerprint density at radius 1 is 1.20 bits per heavy atom. The first-order valence-corrected chi connectivity index (χ1v) is 11.0. The van der Waals surface area contributed by atoms with Gasteiger partial charge in [0.1, 0.15) is 18.5 Å². The fourth-order valence-electron chi connectivity index (χ4n) is 3.48. The molecule has 0 saturated carbocycles. The van der Waals surface area contributed by atoms with Crippen molar-refractivity contribution in [3.05, 3.63) is 53.9 Å². The molecule has 3 aromatic rings. The van der Waals surface area contributed by atoms with Gasteiger partial charge in [0.15, 0.2) is 5.96 Å². The van der Waals surface area contributed by atoms with Crippen LogP contribution < -0.4 is 10.2 Å². The Kier molecular flexibility index (Phi) is 6.53. The van der Waals surface area contributed by atoms with Gasteiger partial charge in [0, 0.05) is 57.7 Å². The molecule has 4 rings (SSSR count). The summed E-state index contributed by atoms with van der Waals surface area (Å²) < 4.78 is 6.23. The number of aliphatic imine (C=N–C) groups is 1. The monoisotopic (exact) mass is 425 g/mol. The summed E-state index contributed by atoms with van der Waals surface area (Å²) in [5.74, 6) is 1.86. The number of nitrogens with one attached hydrogen (secondary N) is 1. The Hall–Kier alpha value is -3.01. The number of benzene rings is 1. The zero-order valence-corrected chi connectivity index (χ0v) is 18.2. The van der Waals surface area contributed by atoms with Crippen molar-refractivity contribution in [2.45, 2.75) is 26.4 Å². The topological polar surface area (TPSA) is 87.4 Å². The molecule has 3 heterocycles. The molecule has 9 nitrogen and oxygen atoms in total. The predicted octanol–water partition coefficient (Wildman–Crippen LogP) is 1.64. The van der Waals surface area contributed by atoms with Gasteiger partial charge < -0.3 is 15.1 Å². The number of aryl methyl sites for hydroxylation is 1. The molecule has 30 heavy (non-hydrogen) atoms. The molecular formula is C20H27N9S. The second kappa shape index (κ2) is 9.66. The van der Waals surface area contributed by atoms with Crippen LogP contribution in [0.3, 0.4) is 0 Å². The molecule has 158 valence electrons. The van der Waals surface area contributed by atoms with Gasteiger partial charge in [-0.1, -0.05) is 31.2 Å². The Morgan fingerprint density at radius 3 is 2.73 bits per heavy atom. The maximum Gasteiger partial charge on any atom is 0.205 e. The molecule has 1 saturated heterocycles. The van der Waals surface area contributed by atoms with E-state index in [0.717, 1.165) is 62.6 Å². The predicted molar refractivity (Wildman–Crippen MR) is 119 cm³/mol. The highest BCUT2D eigenvalue weighted by Crippen LogP contribution is 2.19. The standard InChI is InChI=1S/C20H27N9S/c1-3-18-25-20(30-26-18)28-9-7-27(8-10-28)19(21-2)23-12-16-5-4-6-17(11-16)13-29-15-22-14-24-29/h4-6,11,14-15H,3,7-10,12-13H2,1-2H3,(H,21,23). The summed E-state index contributed by atoms with van der Waals surface area (Å²) >= 11 is 1.50. The van der Waals surface area contributed by atoms with Crippen molar-refractivity contribution >= 4 is 22.6 Å². The molecule has 10 heteroatoms. The van der Waals surface area contributed by atoms with Crippen molar-refractivity contribution in [1.29, 1.82) is 0 Å². The highest BCUT2D eigenvalue weighted by Gasteiger charge is 2.22. The number of hydrogen-bond donors (Lipinski definition) is 1. The van der Waals surface area contributed by atoms with Gasteiger partial charge in [-0.05, 0) is 11.1 Å². The summed E-state index contributed by atoms with van der Waals surface area (Å²) in [5.41, 5.74) is 2.42. The molecule has 1 N–H and O–H groups in total. The summed E-state index contributed by atoms with van der Waals surface area (Å²) in [6.07, 6.45) is 4.17. The van der Waals surface area contributed by atoms with Crippen molar-refractivity contribution in [2.24, 2.45) is 4.99 Å². The molecule has 0 unspecified atom stereocenters. The number of nitrogens with zero attached hydrogens (tertiary/aromatic N) is 8. The fourth-order valence-corrected chi connectivity index (χ4v) is 4.28. The number of hydrogen-bond acceptors (Lipinski definition) is 7. The van der Waals surface area contributed by atoms with E-state index in [-0.39, 0.29) is 0 Å². The quantitative estimate of drug-likeness (QED) is 0.474. The summed E-state index contributed by atoms with van der Waals surface area (Å²) in [7, 11) is 1.84. The number of guanidine groups is 1. The molecular weight excluding hydrogens is 398 g/mol. The number of aromatic nitrogens is 5. The summed E-state index contributed by atoms with van der Waals surface area (Å²) in [5, 5.41) is 8.71. The zero-order chi connectivity index (χ0) is 20.8. The van der Waals surface area contributed by atoms with Crippen LogP contribution in [0.4, 0.5) is 5.13 Å². The number of rotatable bonds is 6. The van der Waals surface area contributed by atoms with Crippen molar-refractivity contribution < 1.29 is 0 Å². The molecule has 1 aliphatic rings. The highest BCUT2D eigenvalue weighted by atomic mass is 32.1. The Balaban J connectivity index is 1.30. The van der Waals surface area contributed by atoms with Crippen molar-refractivity contribution in [3.63, 3.8) is 0 Å². The zero-order valence-electron chi connectivity index (χ0n) is 17.4. The third-order valence-electron chi connectivity index (χ3n) is 5.09. The summed E-state index contributed by atoms with van der Waals surface area (Å²) in [6.45, 7) is 7.20. The average Bonchev–Trinajstić information content (AvgIpc) is 3.47. The van der Waals surface area contributed by atoms with E-state index in [1.807, 2.05) is 11.7 Å². The number of piperazine rings is 1. The highest BCUT2D eigenvalue weighted by molar-refractivity contribution is 7.09. The van der Waals surface area contributed by atoms with Crippen LogP contribution in [-0.4, -0.2) is 68.2 Å². The van der Waals surface area contributed by atoms with Crippen LogP contribution >= 0.6 is 11.5 Å². The first kappa shape index (κ1) is 20.3. The molecule has 0 aliphatic carbocycles. The van der Waals surface area contributed by atoms with Crippen molar-refractivity contribution in [2.75, 3.05) is 38.1 Å². The normalized spacial score (nSPS) is 14.9. The summed E-state index contributed by atoms with van der Waals surface area (Å²) in [4.78, 5) is 17.7. The SMILES string of the molecule is CCc1nsc(N2CCN(C(=NC)NCc3cccc(Cn4cncn4)c3)CC2)n1. The van der Waals surface area contributed by atoms with Crippen LogP contribution in [0.1, 0.15) is 23.9 Å². The minimum Gasteiger partial charge on any atom is -0.352 e. The Labute approximate surface area is 180 Å². The first-order chi connectivity index (χ1) is 14.7. The van der Waals surface area contributed by atoms with Crippen molar-refractivity contribution in [3.8, 4) is 0 Å². The number of anilines is 1. The molecule has 0 radical (unpaired) electrons. The van der Waals surface area contributed by atoms with Gasteiger partial charge in [-0.3, -0.25) is 4.99 Å². The molecule has 0 spiro atoms. The lowest BCUT2D eigenvalue weighted by Gasteiger charge is -2.36. The van der Waals surface area contributed by atoms with E-state index >= 15 is 0 Å². The lowest BCUT2D eigenvalue weighted by Crippen LogP contribution is -2.52. The third-order valence-corrected chi connectivity index (χ3v) is 5.90. The average molecular weight is 426 g/mol. The second-order valence-electron chi connectivity index (χ2n) is 7.13. The second-order valence-corrected chi connectivity index (χ2v) is 7.86. The van der Waals surface area contributed by atoms with Gasteiger partial charge in [0.25, 0.3) is 0 Å². The first-order valence-electron chi connectivity index (χ1n) is 10.2. The molecule has 0 amide bonds.